The Labute approximate surface area is 63.2 Å². The molecule has 0 amide bonds. The highest BCUT2D eigenvalue weighted by molar-refractivity contribution is 5.53. The smallest absolute Gasteiger partial charge is 0.0856 e. The first-order valence-corrected chi connectivity index (χ1v) is 3.35. The van der Waals surface area contributed by atoms with Crippen molar-refractivity contribution in [2.75, 3.05) is 0 Å². The van der Waals surface area contributed by atoms with E-state index in [4.69, 9.17) is 5.73 Å². The number of rotatable bonds is 2. The standard InChI is InChI=1S/C6H10N2.C2H6/c1-3-4-6(2)8-5-7;1-2/h3-5H,1H2,2H3,(H2,7,8);1-2H3/b6-4-;. The molecule has 0 aromatic heterocycles. The SMILES string of the molecule is C=C/C=C(/C)N=CN.CC. The highest BCUT2D eigenvalue weighted by Gasteiger charge is 1.72. The molecule has 0 fully saturated rings. The second-order valence-corrected chi connectivity index (χ2v) is 1.32. The van der Waals surface area contributed by atoms with Gasteiger partial charge in [0.25, 0.3) is 0 Å². The van der Waals surface area contributed by atoms with Gasteiger partial charge in [-0.1, -0.05) is 26.5 Å². The van der Waals surface area contributed by atoms with E-state index in [0.29, 0.717) is 0 Å². The Kier molecular flexibility index (Phi) is 12.7. The van der Waals surface area contributed by atoms with Crippen LogP contribution in [-0.2, 0) is 0 Å². The average molecular weight is 140 g/mol. The Morgan fingerprint density at radius 1 is 1.50 bits per heavy atom. The lowest BCUT2D eigenvalue weighted by Crippen LogP contribution is -1.87. The molecule has 58 valence electrons. The highest BCUT2D eigenvalue weighted by atomic mass is 14.8. The van der Waals surface area contributed by atoms with Gasteiger partial charge >= 0.3 is 0 Å². The second kappa shape index (κ2) is 10.8. The van der Waals surface area contributed by atoms with Crippen LogP contribution in [0.1, 0.15) is 20.8 Å². The maximum Gasteiger partial charge on any atom is 0.0856 e. The summed E-state index contributed by atoms with van der Waals surface area (Å²) < 4.78 is 0. The molecule has 0 aromatic rings. The fraction of sp³-hybridized carbons (Fsp3) is 0.375. The summed E-state index contributed by atoms with van der Waals surface area (Å²) >= 11 is 0. The number of nitrogens with two attached hydrogens (primary N) is 1. The first-order chi connectivity index (χ1) is 4.81. The maximum atomic E-state index is 4.99. The van der Waals surface area contributed by atoms with Gasteiger partial charge < -0.3 is 5.73 Å². The minimum Gasteiger partial charge on any atom is -0.390 e. The molecule has 0 aliphatic rings. The van der Waals surface area contributed by atoms with E-state index in [9.17, 15) is 0 Å². The lowest BCUT2D eigenvalue weighted by Gasteiger charge is -1.82. The topological polar surface area (TPSA) is 38.4 Å². The van der Waals surface area contributed by atoms with Crippen LogP contribution in [0, 0.1) is 0 Å². The fourth-order valence-corrected chi connectivity index (χ4v) is 0.331. The largest absolute Gasteiger partial charge is 0.390 e. The third kappa shape index (κ3) is 10.0. The van der Waals surface area contributed by atoms with Crippen molar-refractivity contribution in [3.63, 3.8) is 0 Å². The number of hydrogen-bond acceptors (Lipinski definition) is 1. The number of aliphatic imine (C=N–C) groups is 1. The lowest BCUT2D eigenvalue weighted by molar-refractivity contribution is 1.31. The van der Waals surface area contributed by atoms with Crippen molar-refractivity contribution in [3.8, 4) is 0 Å². The molecule has 0 radical (unpaired) electrons. The molecule has 0 saturated carbocycles. The van der Waals surface area contributed by atoms with Crippen LogP contribution < -0.4 is 5.73 Å². The zero-order valence-corrected chi connectivity index (χ0v) is 6.96. The minimum atomic E-state index is 0.863. The maximum absolute atomic E-state index is 4.99. The van der Waals surface area contributed by atoms with E-state index < -0.39 is 0 Å². The van der Waals surface area contributed by atoms with Crippen LogP contribution in [0.4, 0.5) is 0 Å². The van der Waals surface area contributed by atoms with Crippen LogP contribution in [0.5, 0.6) is 0 Å². The normalized spacial score (nSPS) is 10.5. The lowest BCUT2D eigenvalue weighted by atomic mass is 10.4. The van der Waals surface area contributed by atoms with Gasteiger partial charge in [-0.25, -0.2) is 4.99 Å². The van der Waals surface area contributed by atoms with Crippen LogP contribution in [0.15, 0.2) is 29.4 Å². The first-order valence-electron chi connectivity index (χ1n) is 3.35. The molecule has 2 heteroatoms. The van der Waals surface area contributed by atoms with E-state index >= 15 is 0 Å². The van der Waals surface area contributed by atoms with Gasteiger partial charge in [0.15, 0.2) is 0 Å². The molecule has 0 atom stereocenters. The summed E-state index contributed by atoms with van der Waals surface area (Å²) in [7, 11) is 0. The summed E-state index contributed by atoms with van der Waals surface area (Å²) in [4.78, 5) is 3.76. The molecule has 0 aromatic carbocycles. The summed E-state index contributed by atoms with van der Waals surface area (Å²) in [5.74, 6) is 0. The fourth-order valence-electron chi connectivity index (χ4n) is 0.331. The van der Waals surface area contributed by atoms with E-state index in [1.807, 2.05) is 20.8 Å². The van der Waals surface area contributed by atoms with Crippen LogP contribution in [0.2, 0.25) is 0 Å². The van der Waals surface area contributed by atoms with Gasteiger partial charge in [0.05, 0.1) is 6.34 Å². The quantitative estimate of drug-likeness (QED) is 0.356. The second-order valence-electron chi connectivity index (χ2n) is 1.32. The van der Waals surface area contributed by atoms with Gasteiger partial charge in [-0.05, 0) is 13.0 Å². The summed E-state index contributed by atoms with van der Waals surface area (Å²) in [6.07, 6.45) is 4.71. The molecular formula is C8H16N2. The van der Waals surface area contributed by atoms with Crippen molar-refractivity contribution >= 4 is 6.34 Å². The Hall–Kier alpha value is -1.05. The van der Waals surface area contributed by atoms with E-state index in [-0.39, 0.29) is 0 Å². The number of hydrogen-bond donors (Lipinski definition) is 1. The molecule has 2 N–H and O–H groups in total. The van der Waals surface area contributed by atoms with Gasteiger partial charge in [0.1, 0.15) is 0 Å². The summed E-state index contributed by atoms with van der Waals surface area (Å²) in [5.41, 5.74) is 5.86. The van der Waals surface area contributed by atoms with Crippen molar-refractivity contribution in [2.45, 2.75) is 20.8 Å². The molecular weight excluding hydrogens is 124 g/mol. The van der Waals surface area contributed by atoms with Crippen LogP contribution >= 0.6 is 0 Å². The van der Waals surface area contributed by atoms with Crippen LogP contribution in [-0.4, -0.2) is 6.34 Å². The zero-order chi connectivity index (χ0) is 8.41. The number of allylic oxidation sites excluding steroid dienone is 3. The summed E-state index contributed by atoms with van der Waals surface area (Å²) in [6, 6.07) is 0. The van der Waals surface area contributed by atoms with E-state index in [0.717, 1.165) is 5.70 Å². The van der Waals surface area contributed by atoms with Crippen molar-refractivity contribution in [1.82, 2.24) is 0 Å². The van der Waals surface area contributed by atoms with Crippen molar-refractivity contribution in [2.24, 2.45) is 10.7 Å². The van der Waals surface area contributed by atoms with E-state index in [2.05, 4.69) is 11.6 Å². The highest BCUT2D eigenvalue weighted by Crippen LogP contribution is 1.90. The van der Waals surface area contributed by atoms with E-state index in [1.54, 1.807) is 12.2 Å². The van der Waals surface area contributed by atoms with Crippen LogP contribution in [0.25, 0.3) is 0 Å². The molecule has 0 aliphatic heterocycles. The first kappa shape index (κ1) is 11.7. The van der Waals surface area contributed by atoms with Gasteiger partial charge in [0, 0.05) is 5.70 Å². The third-order valence-corrected chi connectivity index (χ3v) is 0.637. The summed E-state index contributed by atoms with van der Waals surface area (Å²) in [6.45, 7) is 9.34. The Bertz CT molecular complexity index is 123. The van der Waals surface area contributed by atoms with Gasteiger partial charge in [0.2, 0.25) is 0 Å². The van der Waals surface area contributed by atoms with Crippen LogP contribution in [0.3, 0.4) is 0 Å². The van der Waals surface area contributed by atoms with Crippen molar-refractivity contribution in [3.05, 3.63) is 24.4 Å². The molecule has 0 saturated heterocycles. The third-order valence-electron chi connectivity index (χ3n) is 0.637. The van der Waals surface area contributed by atoms with Crippen molar-refractivity contribution in [1.29, 1.82) is 0 Å². The van der Waals surface area contributed by atoms with Gasteiger partial charge in [-0.3, -0.25) is 0 Å². The molecule has 0 rings (SSSR count). The molecule has 0 spiro atoms. The minimum absolute atomic E-state index is 0.863. The molecule has 0 bridgehead atoms. The monoisotopic (exact) mass is 140 g/mol. The molecule has 10 heavy (non-hydrogen) atoms. The molecule has 2 nitrogen and oxygen atoms in total. The Morgan fingerprint density at radius 2 is 2.00 bits per heavy atom. The Balaban J connectivity index is 0. The predicted octanol–water partition coefficient (Wildman–Crippen LogP) is 2.09. The molecule has 0 unspecified atom stereocenters. The summed E-state index contributed by atoms with van der Waals surface area (Å²) in [5, 5.41) is 0. The van der Waals surface area contributed by atoms with Gasteiger partial charge in [-0.15, -0.1) is 0 Å². The molecule has 0 heterocycles. The number of nitrogens with zero attached hydrogens (tertiary/aromatic N) is 1. The zero-order valence-electron chi connectivity index (χ0n) is 6.96. The van der Waals surface area contributed by atoms with E-state index in [1.165, 1.54) is 6.34 Å². The predicted molar refractivity (Wildman–Crippen MR) is 48.0 cm³/mol. The average Bonchev–Trinajstić information content (AvgIpc) is 1.93. The molecule has 0 aliphatic carbocycles. The van der Waals surface area contributed by atoms with Crippen molar-refractivity contribution < 1.29 is 0 Å². The van der Waals surface area contributed by atoms with Gasteiger partial charge in [-0.2, -0.15) is 0 Å². The Morgan fingerprint density at radius 3 is 2.30 bits per heavy atom.